The molecule has 2 aliphatic carbocycles. The molecule has 307 valence electrons. The first-order chi connectivity index (χ1) is 28.1. The monoisotopic (exact) mass is 797 g/mol. The summed E-state index contributed by atoms with van der Waals surface area (Å²) in [5.41, 5.74) is 8.23. The van der Waals surface area contributed by atoms with E-state index < -0.39 is 12.5 Å². The van der Waals surface area contributed by atoms with Crippen molar-refractivity contribution in [3.8, 4) is 46.6 Å². The molecule has 5 aliphatic rings. The van der Waals surface area contributed by atoms with E-state index in [1.807, 2.05) is 20.7 Å². The Labute approximate surface area is 349 Å². The van der Waals surface area contributed by atoms with E-state index >= 15 is 0 Å². The number of piperazine rings is 2. The first kappa shape index (κ1) is 41.2. The molecule has 1 N–H and O–H groups in total. The second-order valence-corrected chi connectivity index (χ2v) is 18.4. The van der Waals surface area contributed by atoms with Gasteiger partial charge in [-0.05, 0) is 89.9 Å². The van der Waals surface area contributed by atoms with Crippen LogP contribution in [0.25, 0.3) is 0 Å². The molecule has 3 aliphatic heterocycles. The molecule has 3 aromatic rings. The van der Waals surface area contributed by atoms with E-state index in [0.717, 1.165) is 94.0 Å². The lowest BCUT2D eigenvalue weighted by Crippen LogP contribution is -2.51. The standard InChI is InChI=1S/C45H55B2N6O6/c1-27-28(2)30(21-49)42-41(29(27)20-48)58-36-19-34-38(32(40(36)59-42)23-51-12-16-53(17-13-51)47(7)55)45(25-44(34,5)6)24-43(3,4)33-18-35(56-8)39(57-9)31(37(33)45)22-50-10-14-52(15-11-50)46-26-54/h18-19,26,55H,10-17,22-25H2,1-9H3. The van der Waals surface area contributed by atoms with Gasteiger partial charge in [0, 0.05) is 82.0 Å². The highest BCUT2D eigenvalue weighted by Crippen LogP contribution is 2.68. The third kappa shape index (κ3) is 6.59. The molecule has 12 nitrogen and oxygen atoms in total. The fourth-order valence-corrected chi connectivity index (χ4v) is 11.2. The molecule has 59 heavy (non-hydrogen) atoms. The van der Waals surface area contributed by atoms with Crippen molar-refractivity contribution in [2.24, 2.45) is 0 Å². The molecule has 0 saturated carbocycles. The van der Waals surface area contributed by atoms with E-state index in [0.29, 0.717) is 52.6 Å². The Morgan fingerprint density at radius 1 is 0.797 bits per heavy atom. The van der Waals surface area contributed by atoms with E-state index in [-0.39, 0.29) is 16.6 Å². The van der Waals surface area contributed by atoms with E-state index in [9.17, 15) is 20.3 Å². The summed E-state index contributed by atoms with van der Waals surface area (Å²) in [6.07, 6.45) is 2.54. The van der Waals surface area contributed by atoms with Crippen molar-refractivity contribution in [1.29, 1.82) is 10.5 Å². The molecule has 1 radical (unpaired) electrons. The van der Waals surface area contributed by atoms with E-state index in [1.54, 1.807) is 21.6 Å². The summed E-state index contributed by atoms with van der Waals surface area (Å²) in [7, 11) is 4.55. The number of fused-ring (bicyclic) bond motifs is 6. The first-order valence-electron chi connectivity index (χ1n) is 20.8. The van der Waals surface area contributed by atoms with Crippen LogP contribution in [0.3, 0.4) is 0 Å². The van der Waals surface area contributed by atoms with Crippen LogP contribution in [0.15, 0.2) is 12.1 Å². The van der Waals surface area contributed by atoms with Crippen LogP contribution in [0, 0.1) is 36.5 Å². The van der Waals surface area contributed by atoms with Gasteiger partial charge in [0.2, 0.25) is 0 Å². The van der Waals surface area contributed by atoms with Crippen molar-refractivity contribution in [3.63, 3.8) is 0 Å². The fraction of sp³-hybridized carbons (Fsp3) is 0.533. The smallest absolute Gasteiger partial charge is 0.376 e. The van der Waals surface area contributed by atoms with Gasteiger partial charge in [-0.25, -0.2) is 0 Å². The summed E-state index contributed by atoms with van der Waals surface area (Å²) in [4.78, 5) is 20.4. The average Bonchev–Trinajstić information content (AvgIpc) is 3.57. The fourth-order valence-electron chi connectivity index (χ4n) is 11.2. The van der Waals surface area contributed by atoms with Crippen LogP contribution in [0.2, 0.25) is 6.82 Å². The first-order valence-corrected chi connectivity index (χ1v) is 20.8. The molecular formula is C45H55B2N6O6. The number of nitrogens with zero attached hydrogens (tertiary/aromatic N) is 6. The molecule has 0 amide bonds. The third-order valence-corrected chi connectivity index (χ3v) is 14.0. The molecule has 8 rings (SSSR count). The number of hydrogen-bond acceptors (Lipinski definition) is 12. The normalized spacial score (nSPS) is 21.9. The summed E-state index contributed by atoms with van der Waals surface area (Å²) >= 11 is 0. The Hall–Kier alpha value is -4.56. The van der Waals surface area contributed by atoms with E-state index in [1.165, 1.54) is 22.3 Å². The van der Waals surface area contributed by atoms with Crippen molar-refractivity contribution >= 4 is 20.7 Å². The quantitative estimate of drug-likeness (QED) is 0.163. The maximum atomic E-state index is 11.3. The van der Waals surface area contributed by atoms with Crippen molar-refractivity contribution < 1.29 is 28.8 Å². The Kier molecular flexibility index (Phi) is 10.6. The highest BCUT2D eigenvalue weighted by molar-refractivity contribution is 6.64. The predicted molar refractivity (Wildman–Crippen MR) is 228 cm³/mol. The maximum absolute atomic E-state index is 11.3. The highest BCUT2D eigenvalue weighted by Gasteiger charge is 2.60. The number of methoxy groups -OCH3 is 2. The summed E-state index contributed by atoms with van der Waals surface area (Å²) in [5.74, 6) is 3.18. The lowest BCUT2D eigenvalue weighted by Gasteiger charge is -2.39. The van der Waals surface area contributed by atoms with E-state index in [4.69, 9.17) is 18.9 Å². The van der Waals surface area contributed by atoms with Crippen molar-refractivity contribution in [2.45, 2.75) is 90.5 Å². The minimum Gasteiger partial charge on any atom is -0.493 e. The van der Waals surface area contributed by atoms with Crippen LogP contribution in [-0.2, 0) is 34.1 Å². The zero-order valence-electron chi connectivity index (χ0n) is 36.0. The second kappa shape index (κ2) is 15.2. The van der Waals surface area contributed by atoms with Gasteiger partial charge in [0.25, 0.3) is 7.41 Å². The average molecular weight is 798 g/mol. The molecule has 3 heterocycles. The molecule has 3 aromatic carbocycles. The summed E-state index contributed by atoms with van der Waals surface area (Å²) < 4.78 is 26.3. The van der Waals surface area contributed by atoms with Crippen LogP contribution in [0.5, 0.6) is 34.5 Å². The van der Waals surface area contributed by atoms with E-state index in [2.05, 4.69) is 71.4 Å². The third-order valence-electron chi connectivity index (χ3n) is 14.0. The minimum absolute atomic E-state index is 0.247. The molecule has 0 aromatic heterocycles. The van der Waals surface area contributed by atoms with Gasteiger partial charge in [0.05, 0.1) is 20.4 Å². The molecule has 1 atom stereocenters. The summed E-state index contributed by atoms with van der Waals surface area (Å²) in [5, 5.41) is 31.3. The Balaban J connectivity index is 1.37. The van der Waals surface area contributed by atoms with Crippen LogP contribution in [-0.4, -0.2) is 112 Å². The summed E-state index contributed by atoms with van der Waals surface area (Å²) in [6.45, 7) is 22.2. The topological polar surface area (TPSA) is 135 Å². The van der Waals surface area contributed by atoms with Gasteiger partial charge in [-0.15, -0.1) is 0 Å². The number of hydrogen-bond donors (Lipinski definition) is 1. The number of carbonyl (C=O) groups is 1. The number of ether oxygens (including phenoxy) is 4. The molecule has 14 heteroatoms. The van der Waals surface area contributed by atoms with Gasteiger partial charge in [-0.1, -0.05) is 27.7 Å². The lowest BCUT2D eigenvalue weighted by atomic mass is 9.70. The minimum atomic E-state index is -0.526. The van der Waals surface area contributed by atoms with Crippen molar-refractivity contribution in [2.75, 3.05) is 66.6 Å². The maximum Gasteiger partial charge on any atom is 0.376 e. The van der Waals surface area contributed by atoms with Crippen LogP contribution in [0.1, 0.15) is 96.2 Å². The molecular weight excluding hydrogens is 742 g/mol. The second-order valence-electron chi connectivity index (χ2n) is 18.4. The largest absolute Gasteiger partial charge is 0.493 e. The van der Waals surface area contributed by atoms with Gasteiger partial charge < -0.3 is 38.4 Å². The highest BCUT2D eigenvalue weighted by atomic mass is 16.6. The predicted octanol–water partition coefficient (Wildman–Crippen LogP) is 5.77. The Morgan fingerprint density at radius 3 is 1.85 bits per heavy atom. The SMILES string of the molecule is COc1cc2c(c(CN3CCN([B]C=O)CC3)c1OC)C1(CC2(C)C)CC(C)(C)c2cc3c(c(CN4CCN(B(C)O)CC4)c21)Oc1c(C#N)c(C)c(C)c(C#N)c1O3. The lowest BCUT2D eigenvalue weighted by molar-refractivity contribution is 0.167. The van der Waals surface area contributed by atoms with Gasteiger partial charge in [-0.3, -0.25) is 9.80 Å². The van der Waals surface area contributed by atoms with Gasteiger partial charge in [0.15, 0.2) is 34.5 Å². The zero-order valence-corrected chi connectivity index (χ0v) is 36.0. The summed E-state index contributed by atoms with van der Waals surface area (Å²) in [6, 6.07) is 9.06. The number of benzene rings is 3. The van der Waals surface area contributed by atoms with Crippen LogP contribution in [0.4, 0.5) is 0 Å². The van der Waals surface area contributed by atoms with Crippen molar-refractivity contribution in [1.82, 2.24) is 19.4 Å². The number of nitriles is 2. The number of carbonyl (C=O) groups excluding carboxylic acids is 1. The van der Waals surface area contributed by atoms with Crippen molar-refractivity contribution in [3.05, 3.63) is 67.8 Å². The molecule has 2 fully saturated rings. The zero-order chi connectivity index (χ0) is 42.2. The van der Waals surface area contributed by atoms with Crippen LogP contribution < -0.4 is 18.9 Å². The van der Waals surface area contributed by atoms with Gasteiger partial charge >= 0.3 is 7.05 Å². The molecule has 2 saturated heterocycles. The van der Waals surface area contributed by atoms with Gasteiger partial charge in [0.1, 0.15) is 23.3 Å². The Bertz CT molecular complexity index is 2300. The molecule has 1 spiro atoms. The Morgan fingerprint density at radius 2 is 1.32 bits per heavy atom. The molecule has 0 bridgehead atoms. The molecule has 1 unspecified atom stereocenters. The van der Waals surface area contributed by atoms with Gasteiger partial charge in [-0.2, -0.15) is 10.5 Å². The van der Waals surface area contributed by atoms with Crippen LogP contribution >= 0.6 is 0 Å². The number of rotatable bonds is 9.